The molecule has 98 valence electrons. The third-order valence-corrected chi connectivity index (χ3v) is 2.65. The number of hydrogen-bond donors (Lipinski definition) is 1. The highest BCUT2D eigenvalue weighted by Crippen LogP contribution is 2.29. The average Bonchev–Trinajstić information content (AvgIpc) is 2.28. The summed E-state index contributed by atoms with van der Waals surface area (Å²) in [6.45, 7) is 1.64. The van der Waals surface area contributed by atoms with Gasteiger partial charge in [-0.3, -0.25) is 10.1 Å². The lowest BCUT2D eigenvalue weighted by atomic mass is 10.1. The maximum absolute atomic E-state index is 13.1. The van der Waals surface area contributed by atoms with Crippen molar-refractivity contribution in [3.8, 4) is 0 Å². The summed E-state index contributed by atoms with van der Waals surface area (Å²) in [6, 6.07) is 2.02. The van der Waals surface area contributed by atoms with E-state index in [9.17, 15) is 19.3 Å². The molecule has 0 spiro atoms. The molecule has 1 unspecified atom stereocenters. The van der Waals surface area contributed by atoms with Gasteiger partial charge >= 0.3 is 5.97 Å². The molecule has 1 aromatic rings. The zero-order chi connectivity index (χ0) is 13.9. The maximum atomic E-state index is 13.1. The summed E-state index contributed by atoms with van der Waals surface area (Å²) in [4.78, 5) is 22.4. The summed E-state index contributed by atoms with van der Waals surface area (Å²) in [6.07, 6.45) is 0.250. The van der Waals surface area contributed by atoms with Crippen LogP contribution in [0.4, 0.5) is 15.8 Å². The van der Waals surface area contributed by atoms with E-state index in [0.717, 1.165) is 18.2 Å². The van der Waals surface area contributed by atoms with Gasteiger partial charge < -0.3 is 10.0 Å². The fourth-order valence-electron chi connectivity index (χ4n) is 1.72. The summed E-state index contributed by atoms with van der Waals surface area (Å²) in [7, 11) is 1.39. The number of carbonyl (C=O) groups is 1. The molecule has 7 heteroatoms. The molecule has 0 fully saturated rings. The molecule has 0 bridgehead atoms. The van der Waals surface area contributed by atoms with Gasteiger partial charge in [-0.15, -0.1) is 0 Å². The molecule has 1 aromatic carbocycles. The molecule has 6 nitrogen and oxygen atoms in total. The quantitative estimate of drug-likeness (QED) is 0.643. The Morgan fingerprint density at radius 1 is 1.61 bits per heavy atom. The molecule has 0 aliphatic heterocycles. The second kappa shape index (κ2) is 5.44. The van der Waals surface area contributed by atoms with Gasteiger partial charge in [0.1, 0.15) is 17.5 Å². The molecule has 0 aliphatic rings. The van der Waals surface area contributed by atoms with E-state index >= 15 is 0 Å². The number of nitro groups is 1. The molecule has 0 saturated heterocycles. The highest BCUT2D eigenvalue weighted by atomic mass is 19.1. The Morgan fingerprint density at radius 3 is 2.67 bits per heavy atom. The van der Waals surface area contributed by atoms with Crippen LogP contribution in [0.15, 0.2) is 18.2 Å². The van der Waals surface area contributed by atoms with Gasteiger partial charge in [0.2, 0.25) is 0 Å². The van der Waals surface area contributed by atoms with Crippen LogP contribution in [-0.2, 0) is 4.79 Å². The molecule has 0 radical (unpaired) electrons. The Labute approximate surface area is 103 Å². The normalized spacial score (nSPS) is 11.9. The number of carboxylic acids is 1. The molecule has 0 aromatic heterocycles. The smallest absolute Gasteiger partial charge is 0.326 e. The fraction of sp³-hybridized carbons (Fsp3) is 0.364. The first-order chi connectivity index (χ1) is 8.38. The lowest BCUT2D eigenvalue weighted by molar-refractivity contribution is -0.384. The van der Waals surface area contributed by atoms with Crippen LogP contribution < -0.4 is 4.90 Å². The van der Waals surface area contributed by atoms with Crippen molar-refractivity contribution in [2.45, 2.75) is 19.4 Å². The van der Waals surface area contributed by atoms with Crippen LogP contribution in [0.5, 0.6) is 0 Å². The second-order valence-corrected chi connectivity index (χ2v) is 3.76. The minimum absolute atomic E-state index is 0.0470. The molecule has 0 saturated carbocycles. The van der Waals surface area contributed by atoms with Crippen molar-refractivity contribution in [2.75, 3.05) is 11.9 Å². The first kappa shape index (κ1) is 13.9. The van der Waals surface area contributed by atoms with Gasteiger partial charge in [-0.25, -0.2) is 9.18 Å². The highest BCUT2D eigenvalue weighted by molar-refractivity contribution is 5.79. The topological polar surface area (TPSA) is 83.7 Å². The first-order valence-corrected chi connectivity index (χ1v) is 5.28. The lowest BCUT2D eigenvalue weighted by Gasteiger charge is -2.25. The average molecular weight is 256 g/mol. The van der Waals surface area contributed by atoms with E-state index in [1.165, 1.54) is 11.9 Å². The number of nitro benzene ring substituents is 1. The predicted octanol–water partition coefficient (Wildman–Crippen LogP) is 2.03. The Hall–Kier alpha value is -2.18. The molecule has 18 heavy (non-hydrogen) atoms. The number of benzene rings is 1. The fourth-order valence-corrected chi connectivity index (χ4v) is 1.72. The third-order valence-electron chi connectivity index (χ3n) is 2.65. The summed E-state index contributed by atoms with van der Waals surface area (Å²) >= 11 is 0. The number of aliphatic carboxylic acids is 1. The number of carboxylic acid groups (broad SMARTS) is 1. The van der Waals surface area contributed by atoms with Crippen LogP contribution in [0.2, 0.25) is 0 Å². The van der Waals surface area contributed by atoms with Gasteiger partial charge in [-0.2, -0.15) is 0 Å². The lowest BCUT2D eigenvalue weighted by Crippen LogP contribution is -2.38. The molecule has 1 atom stereocenters. The van der Waals surface area contributed by atoms with E-state index in [4.69, 9.17) is 5.11 Å². The van der Waals surface area contributed by atoms with Crippen molar-refractivity contribution < 1.29 is 19.2 Å². The second-order valence-electron chi connectivity index (χ2n) is 3.76. The molecule has 1 rings (SSSR count). The van der Waals surface area contributed by atoms with Crippen LogP contribution in [0.1, 0.15) is 13.3 Å². The van der Waals surface area contributed by atoms with E-state index in [0.29, 0.717) is 0 Å². The standard InChI is InChI=1S/C11H13FN2O4/c1-3-8(11(15)16)13(2)10-6-7(12)4-5-9(10)14(17)18/h4-6,8H,3H2,1-2H3,(H,15,16). The van der Waals surface area contributed by atoms with Crippen molar-refractivity contribution in [3.63, 3.8) is 0 Å². The van der Waals surface area contributed by atoms with Crippen molar-refractivity contribution in [1.82, 2.24) is 0 Å². The van der Waals surface area contributed by atoms with Gasteiger partial charge in [0.05, 0.1) is 4.92 Å². The van der Waals surface area contributed by atoms with Crippen molar-refractivity contribution >= 4 is 17.3 Å². The van der Waals surface area contributed by atoms with Crippen LogP contribution in [0.25, 0.3) is 0 Å². The van der Waals surface area contributed by atoms with Gasteiger partial charge in [0, 0.05) is 19.2 Å². The van der Waals surface area contributed by atoms with Gasteiger partial charge in [0.25, 0.3) is 5.69 Å². The van der Waals surface area contributed by atoms with E-state index < -0.39 is 22.8 Å². The zero-order valence-electron chi connectivity index (χ0n) is 9.96. The Balaban J connectivity index is 3.25. The van der Waals surface area contributed by atoms with Crippen molar-refractivity contribution in [1.29, 1.82) is 0 Å². The SMILES string of the molecule is CCC(C(=O)O)N(C)c1cc(F)ccc1[N+](=O)[O-]. The largest absolute Gasteiger partial charge is 0.480 e. The van der Waals surface area contributed by atoms with Gasteiger partial charge in [-0.05, 0) is 12.5 Å². The van der Waals surface area contributed by atoms with E-state index in [-0.39, 0.29) is 17.8 Å². The Morgan fingerprint density at radius 2 is 2.22 bits per heavy atom. The number of likely N-dealkylation sites (N-methyl/N-ethyl adjacent to an activating group) is 1. The summed E-state index contributed by atoms with van der Waals surface area (Å²) in [5, 5.41) is 19.8. The van der Waals surface area contributed by atoms with Crippen LogP contribution >= 0.6 is 0 Å². The van der Waals surface area contributed by atoms with Gasteiger partial charge in [-0.1, -0.05) is 6.92 Å². The van der Waals surface area contributed by atoms with Crippen molar-refractivity contribution in [2.24, 2.45) is 0 Å². The molecule has 0 heterocycles. The number of nitrogens with zero attached hydrogens (tertiary/aromatic N) is 2. The summed E-state index contributed by atoms with van der Waals surface area (Å²) in [5.74, 6) is -1.76. The van der Waals surface area contributed by atoms with Crippen LogP contribution in [0, 0.1) is 15.9 Å². The van der Waals surface area contributed by atoms with E-state index in [1.807, 2.05) is 0 Å². The highest BCUT2D eigenvalue weighted by Gasteiger charge is 2.26. The maximum Gasteiger partial charge on any atom is 0.326 e. The predicted molar refractivity (Wildman–Crippen MR) is 63.2 cm³/mol. The van der Waals surface area contributed by atoms with E-state index in [1.54, 1.807) is 6.92 Å². The third kappa shape index (κ3) is 2.73. The van der Waals surface area contributed by atoms with Crippen molar-refractivity contribution in [3.05, 3.63) is 34.1 Å². The first-order valence-electron chi connectivity index (χ1n) is 5.28. The van der Waals surface area contributed by atoms with Gasteiger partial charge in [0.15, 0.2) is 0 Å². The molecular formula is C11H13FN2O4. The van der Waals surface area contributed by atoms with Crippen LogP contribution in [-0.4, -0.2) is 29.1 Å². The number of hydrogen-bond acceptors (Lipinski definition) is 4. The minimum atomic E-state index is -1.11. The zero-order valence-corrected chi connectivity index (χ0v) is 9.96. The van der Waals surface area contributed by atoms with Crippen LogP contribution in [0.3, 0.4) is 0 Å². The molecule has 0 aliphatic carbocycles. The summed E-state index contributed by atoms with van der Waals surface area (Å²) < 4.78 is 13.1. The number of rotatable bonds is 5. The van der Waals surface area contributed by atoms with E-state index in [2.05, 4.69) is 0 Å². The number of anilines is 1. The molecule has 1 N–H and O–H groups in total. The Bertz CT molecular complexity index is 478. The monoisotopic (exact) mass is 256 g/mol. The molecule has 0 amide bonds. The Kier molecular flexibility index (Phi) is 4.19. The molecular weight excluding hydrogens is 243 g/mol. The number of halogens is 1. The summed E-state index contributed by atoms with van der Waals surface area (Å²) in [5.41, 5.74) is -0.368. The minimum Gasteiger partial charge on any atom is -0.480 e.